The molecule has 0 heterocycles. The molecule has 1 unspecified atom stereocenters. The lowest BCUT2D eigenvalue weighted by molar-refractivity contribution is 0.258. The van der Waals surface area contributed by atoms with Crippen LogP contribution in [0.5, 0.6) is 0 Å². The Morgan fingerprint density at radius 2 is 1.88 bits per heavy atom. The number of nitrogens with one attached hydrogen (secondary N) is 1. The quantitative estimate of drug-likeness (QED) is 0.846. The van der Waals surface area contributed by atoms with Crippen molar-refractivity contribution in [2.45, 2.75) is 37.6 Å². The van der Waals surface area contributed by atoms with E-state index < -0.39 is 0 Å². The summed E-state index contributed by atoms with van der Waals surface area (Å²) in [6.07, 6.45) is 5.22. The van der Waals surface area contributed by atoms with Gasteiger partial charge in [-0.25, -0.2) is 0 Å². The van der Waals surface area contributed by atoms with Crippen molar-refractivity contribution in [3.63, 3.8) is 0 Å². The van der Waals surface area contributed by atoms with Gasteiger partial charge in [0.05, 0.1) is 6.61 Å². The summed E-state index contributed by atoms with van der Waals surface area (Å²) in [6, 6.07) is 8.42. The molecule has 1 aliphatic carbocycles. The zero-order valence-electron chi connectivity index (χ0n) is 10.0. The van der Waals surface area contributed by atoms with Gasteiger partial charge < -0.3 is 10.4 Å². The lowest BCUT2D eigenvalue weighted by atomic mass is 9.99. The van der Waals surface area contributed by atoms with E-state index in [4.69, 9.17) is 11.6 Å². The van der Waals surface area contributed by atoms with Crippen LogP contribution in [-0.4, -0.2) is 24.3 Å². The highest BCUT2D eigenvalue weighted by molar-refractivity contribution is 6.30. The van der Waals surface area contributed by atoms with E-state index in [1.807, 2.05) is 24.3 Å². The largest absolute Gasteiger partial charge is 0.396 e. The number of hydrogen-bond acceptors (Lipinski definition) is 2. The standard InChI is InChI=1S/C14H20ClNO/c15-13-7-5-11(6-8-13)12(10-17)9-16-14-3-1-2-4-14/h5-8,12,14,16-17H,1-4,9-10H2. The molecule has 1 atom stereocenters. The van der Waals surface area contributed by atoms with Crippen molar-refractivity contribution in [3.05, 3.63) is 34.9 Å². The third-order valence-electron chi connectivity index (χ3n) is 3.57. The van der Waals surface area contributed by atoms with Crippen LogP contribution in [0, 0.1) is 0 Å². The minimum Gasteiger partial charge on any atom is -0.396 e. The Balaban J connectivity index is 1.89. The van der Waals surface area contributed by atoms with Crippen molar-refractivity contribution in [2.75, 3.05) is 13.2 Å². The average Bonchev–Trinajstić information content (AvgIpc) is 2.85. The predicted octanol–water partition coefficient (Wildman–Crippen LogP) is 2.95. The normalized spacial score (nSPS) is 18.5. The number of aliphatic hydroxyl groups is 1. The third kappa shape index (κ3) is 3.70. The highest BCUT2D eigenvalue weighted by atomic mass is 35.5. The van der Waals surface area contributed by atoms with Gasteiger partial charge in [-0.05, 0) is 30.5 Å². The molecular formula is C14H20ClNO. The molecule has 1 saturated carbocycles. The molecule has 17 heavy (non-hydrogen) atoms. The van der Waals surface area contributed by atoms with Crippen LogP contribution in [0.1, 0.15) is 37.2 Å². The zero-order valence-corrected chi connectivity index (χ0v) is 10.8. The second-order valence-corrected chi connectivity index (χ2v) is 5.26. The van der Waals surface area contributed by atoms with Gasteiger partial charge in [-0.1, -0.05) is 36.6 Å². The fraction of sp³-hybridized carbons (Fsp3) is 0.571. The molecule has 2 N–H and O–H groups in total. The summed E-state index contributed by atoms with van der Waals surface area (Å²) >= 11 is 5.86. The van der Waals surface area contributed by atoms with Crippen molar-refractivity contribution < 1.29 is 5.11 Å². The van der Waals surface area contributed by atoms with Gasteiger partial charge >= 0.3 is 0 Å². The van der Waals surface area contributed by atoms with Gasteiger partial charge in [-0.15, -0.1) is 0 Å². The Hall–Kier alpha value is -0.570. The summed E-state index contributed by atoms with van der Waals surface area (Å²) in [5.41, 5.74) is 1.15. The number of rotatable bonds is 5. The van der Waals surface area contributed by atoms with Gasteiger partial charge in [0.2, 0.25) is 0 Å². The monoisotopic (exact) mass is 253 g/mol. The SMILES string of the molecule is OCC(CNC1CCCC1)c1ccc(Cl)cc1. The molecule has 0 spiro atoms. The van der Waals surface area contributed by atoms with E-state index in [0.717, 1.165) is 17.1 Å². The Bertz CT molecular complexity index is 333. The molecule has 1 aliphatic rings. The molecule has 1 fully saturated rings. The van der Waals surface area contributed by atoms with Crippen LogP contribution < -0.4 is 5.32 Å². The molecule has 94 valence electrons. The number of aliphatic hydroxyl groups excluding tert-OH is 1. The van der Waals surface area contributed by atoms with Crippen molar-refractivity contribution in [1.29, 1.82) is 0 Å². The fourth-order valence-electron chi connectivity index (χ4n) is 2.46. The molecular weight excluding hydrogens is 234 g/mol. The van der Waals surface area contributed by atoms with E-state index in [2.05, 4.69) is 5.32 Å². The second kappa shape index (κ2) is 6.39. The van der Waals surface area contributed by atoms with E-state index in [1.54, 1.807) is 0 Å². The summed E-state index contributed by atoms with van der Waals surface area (Å²) in [5, 5.41) is 13.7. The molecule has 1 aromatic carbocycles. The predicted molar refractivity (Wildman–Crippen MR) is 71.5 cm³/mol. The van der Waals surface area contributed by atoms with Crippen LogP contribution in [-0.2, 0) is 0 Å². The molecule has 0 saturated heterocycles. The van der Waals surface area contributed by atoms with E-state index in [1.165, 1.54) is 25.7 Å². The van der Waals surface area contributed by atoms with Crippen molar-refractivity contribution >= 4 is 11.6 Å². The van der Waals surface area contributed by atoms with Crippen LogP contribution in [0.25, 0.3) is 0 Å². The van der Waals surface area contributed by atoms with E-state index in [-0.39, 0.29) is 12.5 Å². The molecule has 0 amide bonds. The Labute approximate surface area is 108 Å². The molecule has 2 nitrogen and oxygen atoms in total. The first kappa shape index (κ1) is 12.9. The summed E-state index contributed by atoms with van der Waals surface area (Å²) < 4.78 is 0. The summed E-state index contributed by atoms with van der Waals surface area (Å²) in [7, 11) is 0. The van der Waals surface area contributed by atoms with E-state index >= 15 is 0 Å². The second-order valence-electron chi connectivity index (χ2n) is 4.82. The zero-order chi connectivity index (χ0) is 12.1. The highest BCUT2D eigenvalue weighted by Gasteiger charge is 2.17. The molecule has 1 aromatic rings. The first-order valence-corrected chi connectivity index (χ1v) is 6.77. The van der Waals surface area contributed by atoms with Crippen LogP contribution in [0.3, 0.4) is 0 Å². The first-order chi connectivity index (χ1) is 8.29. The highest BCUT2D eigenvalue weighted by Crippen LogP contribution is 2.21. The van der Waals surface area contributed by atoms with Crippen LogP contribution in [0.15, 0.2) is 24.3 Å². The van der Waals surface area contributed by atoms with Gasteiger partial charge in [-0.3, -0.25) is 0 Å². The number of benzene rings is 1. The third-order valence-corrected chi connectivity index (χ3v) is 3.82. The van der Waals surface area contributed by atoms with Crippen molar-refractivity contribution in [2.24, 2.45) is 0 Å². The van der Waals surface area contributed by atoms with Crippen LogP contribution >= 0.6 is 11.6 Å². The fourth-order valence-corrected chi connectivity index (χ4v) is 2.59. The lowest BCUT2D eigenvalue weighted by Crippen LogP contribution is -2.31. The molecule has 0 bridgehead atoms. The van der Waals surface area contributed by atoms with E-state index in [9.17, 15) is 5.11 Å². The molecule has 3 heteroatoms. The number of hydrogen-bond donors (Lipinski definition) is 2. The lowest BCUT2D eigenvalue weighted by Gasteiger charge is -2.19. The minimum atomic E-state index is 0.174. The molecule has 0 aromatic heterocycles. The Morgan fingerprint density at radius 1 is 1.24 bits per heavy atom. The Kier molecular flexibility index (Phi) is 4.84. The molecule has 0 radical (unpaired) electrons. The van der Waals surface area contributed by atoms with Crippen molar-refractivity contribution in [1.82, 2.24) is 5.32 Å². The van der Waals surface area contributed by atoms with Crippen LogP contribution in [0.4, 0.5) is 0 Å². The van der Waals surface area contributed by atoms with Crippen molar-refractivity contribution in [3.8, 4) is 0 Å². The van der Waals surface area contributed by atoms with Gasteiger partial charge in [0.25, 0.3) is 0 Å². The topological polar surface area (TPSA) is 32.3 Å². The van der Waals surface area contributed by atoms with E-state index in [0.29, 0.717) is 6.04 Å². The maximum atomic E-state index is 9.45. The average molecular weight is 254 g/mol. The molecule has 2 rings (SSSR count). The first-order valence-electron chi connectivity index (χ1n) is 6.39. The van der Waals surface area contributed by atoms with Gasteiger partial charge in [0, 0.05) is 23.5 Å². The summed E-state index contributed by atoms with van der Waals surface area (Å²) in [4.78, 5) is 0. The number of halogens is 1. The maximum Gasteiger partial charge on any atom is 0.0511 e. The smallest absolute Gasteiger partial charge is 0.0511 e. The maximum absolute atomic E-state index is 9.45. The minimum absolute atomic E-state index is 0.174. The van der Waals surface area contributed by atoms with Crippen LogP contribution in [0.2, 0.25) is 5.02 Å². The summed E-state index contributed by atoms with van der Waals surface area (Å²) in [5.74, 6) is 0.174. The van der Waals surface area contributed by atoms with Gasteiger partial charge in [0.15, 0.2) is 0 Å². The Morgan fingerprint density at radius 3 is 2.47 bits per heavy atom. The summed E-state index contributed by atoms with van der Waals surface area (Å²) in [6.45, 7) is 1.03. The van der Waals surface area contributed by atoms with Gasteiger partial charge in [-0.2, -0.15) is 0 Å². The van der Waals surface area contributed by atoms with Gasteiger partial charge in [0.1, 0.15) is 0 Å². The molecule has 0 aliphatic heterocycles.